The minimum Gasteiger partial charge on any atom is -0.507 e. The number of ether oxygens (including phenoxy) is 2. The largest absolute Gasteiger partial charge is 0.507 e. The number of nitrogens with zero attached hydrogens (tertiary/aromatic N) is 1. The Kier molecular flexibility index (Phi) is 7.25. The van der Waals surface area contributed by atoms with Crippen molar-refractivity contribution in [2.75, 3.05) is 18.6 Å². The van der Waals surface area contributed by atoms with Crippen LogP contribution in [0.2, 0.25) is 0 Å². The second-order valence-corrected chi connectivity index (χ2v) is 9.28. The van der Waals surface area contributed by atoms with Crippen molar-refractivity contribution in [1.29, 1.82) is 0 Å². The zero-order valence-corrected chi connectivity index (χ0v) is 21.6. The molecule has 1 saturated heterocycles. The molecule has 1 fully saturated rings. The van der Waals surface area contributed by atoms with Gasteiger partial charge in [0.25, 0.3) is 11.7 Å². The van der Waals surface area contributed by atoms with Gasteiger partial charge in [0.05, 0.1) is 30.9 Å². The number of aliphatic hydroxyl groups is 1. The van der Waals surface area contributed by atoms with Gasteiger partial charge < -0.3 is 19.7 Å². The molecule has 1 heterocycles. The number of carbonyl (C=O) groups is 2. The number of Topliss-reactive ketones (excluding diaryl/α,β-unsaturated/α-hetero) is 1. The first kappa shape index (κ1) is 25.8. The van der Waals surface area contributed by atoms with Crippen LogP contribution in [0.4, 0.5) is 5.69 Å². The van der Waals surface area contributed by atoms with E-state index in [9.17, 15) is 19.8 Å². The number of carbonyl (C=O) groups excluding carboxylic acids is 2. The van der Waals surface area contributed by atoms with Gasteiger partial charge in [-0.25, -0.2) is 0 Å². The summed E-state index contributed by atoms with van der Waals surface area (Å²) in [5.74, 6) is -1.10. The van der Waals surface area contributed by atoms with E-state index >= 15 is 0 Å². The fourth-order valence-electron chi connectivity index (χ4n) is 4.56. The number of amides is 1. The first-order valence-corrected chi connectivity index (χ1v) is 12.2. The number of aliphatic hydroxyl groups excluding tert-OH is 1. The number of phenolic OH excluding ortho intramolecular Hbond substituents is 1. The molecule has 3 aromatic carbocycles. The van der Waals surface area contributed by atoms with E-state index in [0.29, 0.717) is 35.1 Å². The van der Waals surface area contributed by atoms with Crippen LogP contribution in [-0.4, -0.2) is 35.6 Å². The number of aromatic hydroxyl groups is 1. The molecule has 0 saturated carbocycles. The van der Waals surface area contributed by atoms with Gasteiger partial charge in [-0.1, -0.05) is 43.7 Å². The minimum absolute atomic E-state index is 0.0656. The van der Waals surface area contributed by atoms with Crippen molar-refractivity contribution in [3.63, 3.8) is 0 Å². The van der Waals surface area contributed by atoms with Crippen molar-refractivity contribution in [2.45, 2.75) is 39.7 Å². The summed E-state index contributed by atoms with van der Waals surface area (Å²) < 4.78 is 11.0. The van der Waals surface area contributed by atoms with Crippen LogP contribution in [0.1, 0.15) is 55.0 Å². The second-order valence-electron chi connectivity index (χ2n) is 9.28. The van der Waals surface area contributed by atoms with E-state index < -0.39 is 17.7 Å². The van der Waals surface area contributed by atoms with E-state index in [1.807, 2.05) is 25.1 Å². The molecule has 3 aromatic rings. The number of methoxy groups -OCH3 is 1. The Morgan fingerprint density at radius 2 is 1.70 bits per heavy atom. The number of hydrogen-bond donors (Lipinski definition) is 2. The van der Waals surface area contributed by atoms with Gasteiger partial charge in [0.15, 0.2) is 11.5 Å². The number of ketones is 1. The van der Waals surface area contributed by atoms with Gasteiger partial charge in [-0.15, -0.1) is 0 Å². The van der Waals surface area contributed by atoms with E-state index in [2.05, 4.69) is 13.8 Å². The lowest BCUT2D eigenvalue weighted by atomic mass is 9.94. The average Bonchev–Trinajstić information content (AvgIpc) is 3.15. The van der Waals surface area contributed by atoms with Crippen LogP contribution in [0.5, 0.6) is 17.2 Å². The van der Waals surface area contributed by atoms with Crippen molar-refractivity contribution in [3.05, 3.63) is 88.5 Å². The number of phenols is 1. The molecule has 7 nitrogen and oxygen atoms in total. The molecule has 0 aromatic heterocycles. The van der Waals surface area contributed by atoms with Gasteiger partial charge in [0.2, 0.25) is 0 Å². The molecule has 1 aliphatic heterocycles. The Hall–Kier alpha value is -4.26. The lowest BCUT2D eigenvalue weighted by molar-refractivity contribution is -0.132. The van der Waals surface area contributed by atoms with Gasteiger partial charge in [-0.05, 0) is 67.3 Å². The highest BCUT2D eigenvalue weighted by Gasteiger charge is 2.47. The highest BCUT2D eigenvalue weighted by atomic mass is 16.5. The minimum atomic E-state index is -0.963. The standard InChI is InChI=1S/C30H31NO6/c1-6-37-25-16-20(10-13-23(25)32)27-26(28(33)22-15-18(4)7-14-24(22)36-5)29(34)30(35)31(27)21-11-8-19(9-12-21)17(2)3/h7-17,27,32-33H,6H2,1-5H3/b28-26+. The Bertz CT molecular complexity index is 1370. The van der Waals surface area contributed by atoms with Gasteiger partial charge in [-0.3, -0.25) is 14.5 Å². The van der Waals surface area contributed by atoms with Crippen LogP contribution in [0.3, 0.4) is 0 Å². The van der Waals surface area contributed by atoms with Gasteiger partial charge in [0, 0.05) is 5.69 Å². The average molecular weight is 502 g/mol. The maximum absolute atomic E-state index is 13.5. The third kappa shape index (κ3) is 4.77. The molecule has 0 radical (unpaired) electrons. The highest BCUT2D eigenvalue weighted by molar-refractivity contribution is 6.51. The number of benzene rings is 3. The molecule has 1 unspecified atom stereocenters. The number of aryl methyl sites for hydroxylation is 1. The summed E-state index contributed by atoms with van der Waals surface area (Å²) >= 11 is 0. The van der Waals surface area contributed by atoms with Crippen LogP contribution >= 0.6 is 0 Å². The van der Waals surface area contributed by atoms with Crippen LogP contribution in [0, 0.1) is 6.92 Å². The molecule has 1 amide bonds. The Balaban J connectivity index is 1.98. The predicted molar refractivity (Wildman–Crippen MR) is 142 cm³/mol. The van der Waals surface area contributed by atoms with Gasteiger partial charge in [-0.2, -0.15) is 0 Å². The van der Waals surface area contributed by atoms with Crippen LogP contribution in [-0.2, 0) is 9.59 Å². The summed E-state index contributed by atoms with van der Waals surface area (Å²) in [5.41, 5.74) is 3.18. The molecule has 192 valence electrons. The number of hydrogen-bond acceptors (Lipinski definition) is 6. The molecule has 0 bridgehead atoms. The molecule has 1 atom stereocenters. The quantitative estimate of drug-likeness (QED) is 0.239. The maximum Gasteiger partial charge on any atom is 0.300 e. The number of anilines is 1. The Labute approximate surface area is 216 Å². The van der Waals surface area contributed by atoms with Crippen LogP contribution < -0.4 is 14.4 Å². The smallest absolute Gasteiger partial charge is 0.300 e. The number of rotatable bonds is 7. The monoisotopic (exact) mass is 501 g/mol. The second kappa shape index (κ2) is 10.4. The molecular formula is C30H31NO6. The maximum atomic E-state index is 13.5. The van der Waals surface area contributed by atoms with Crippen molar-refractivity contribution < 1.29 is 29.3 Å². The third-order valence-electron chi connectivity index (χ3n) is 6.49. The normalized spacial score (nSPS) is 16.9. The zero-order valence-electron chi connectivity index (χ0n) is 21.6. The van der Waals surface area contributed by atoms with E-state index in [1.54, 1.807) is 43.3 Å². The first-order chi connectivity index (χ1) is 17.7. The summed E-state index contributed by atoms with van der Waals surface area (Å²) in [4.78, 5) is 28.3. The van der Waals surface area contributed by atoms with Crippen LogP contribution in [0.25, 0.3) is 5.76 Å². The van der Waals surface area contributed by atoms with Crippen molar-refractivity contribution >= 4 is 23.1 Å². The van der Waals surface area contributed by atoms with Crippen molar-refractivity contribution in [2.24, 2.45) is 0 Å². The molecule has 0 aliphatic carbocycles. The van der Waals surface area contributed by atoms with E-state index in [1.165, 1.54) is 18.1 Å². The molecular weight excluding hydrogens is 470 g/mol. The van der Waals surface area contributed by atoms with Crippen LogP contribution in [0.15, 0.2) is 66.2 Å². The fraction of sp³-hybridized carbons (Fsp3) is 0.267. The van der Waals surface area contributed by atoms with E-state index in [0.717, 1.165) is 11.1 Å². The summed E-state index contributed by atoms with van der Waals surface area (Å²) in [7, 11) is 1.47. The fourth-order valence-corrected chi connectivity index (χ4v) is 4.56. The summed E-state index contributed by atoms with van der Waals surface area (Å²) in [5, 5.41) is 21.8. The summed E-state index contributed by atoms with van der Waals surface area (Å²) in [6.45, 7) is 8.11. The van der Waals surface area contributed by atoms with Gasteiger partial charge >= 0.3 is 0 Å². The highest BCUT2D eigenvalue weighted by Crippen LogP contribution is 2.45. The molecule has 2 N–H and O–H groups in total. The lowest BCUT2D eigenvalue weighted by Gasteiger charge is -2.26. The molecule has 0 spiro atoms. The topological polar surface area (TPSA) is 96.3 Å². The molecule has 37 heavy (non-hydrogen) atoms. The molecule has 4 rings (SSSR count). The summed E-state index contributed by atoms with van der Waals surface area (Å²) in [6.07, 6.45) is 0. The van der Waals surface area contributed by atoms with E-state index in [4.69, 9.17) is 9.47 Å². The zero-order chi connectivity index (χ0) is 26.9. The molecule has 1 aliphatic rings. The van der Waals surface area contributed by atoms with E-state index in [-0.39, 0.29) is 22.8 Å². The summed E-state index contributed by atoms with van der Waals surface area (Å²) in [6, 6.07) is 16.4. The molecule has 7 heteroatoms. The first-order valence-electron chi connectivity index (χ1n) is 12.2. The third-order valence-corrected chi connectivity index (χ3v) is 6.49. The lowest BCUT2D eigenvalue weighted by Crippen LogP contribution is -2.29. The van der Waals surface area contributed by atoms with Crippen molar-refractivity contribution in [3.8, 4) is 17.2 Å². The SMILES string of the molecule is CCOc1cc(C2/C(=C(\O)c3cc(C)ccc3OC)C(=O)C(=O)N2c2ccc(C(C)C)cc2)ccc1O. The Morgan fingerprint density at radius 3 is 2.32 bits per heavy atom. The predicted octanol–water partition coefficient (Wildman–Crippen LogP) is 5.86. The van der Waals surface area contributed by atoms with Crippen molar-refractivity contribution in [1.82, 2.24) is 0 Å². The Morgan fingerprint density at radius 1 is 1.00 bits per heavy atom. The van der Waals surface area contributed by atoms with Gasteiger partial charge in [0.1, 0.15) is 11.5 Å².